The zero-order valence-electron chi connectivity index (χ0n) is 23.0. The second-order valence-corrected chi connectivity index (χ2v) is 12.0. The summed E-state index contributed by atoms with van der Waals surface area (Å²) in [6.07, 6.45) is -2.82. The number of benzene rings is 3. The Labute approximate surface area is 250 Å². The second-order valence-electron chi connectivity index (χ2n) is 10.5. The summed E-state index contributed by atoms with van der Waals surface area (Å²) < 4.78 is 11.7. The van der Waals surface area contributed by atoms with Crippen LogP contribution in [0, 0.1) is 0 Å². The molecule has 5 rings (SSSR count). The molecule has 2 fully saturated rings. The first-order valence-corrected chi connectivity index (χ1v) is 15.4. The van der Waals surface area contributed by atoms with Crippen molar-refractivity contribution < 1.29 is 29.6 Å². The van der Waals surface area contributed by atoms with Crippen LogP contribution < -0.4 is 4.74 Å². The van der Waals surface area contributed by atoms with Gasteiger partial charge in [0.05, 0.1) is 12.7 Å². The van der Waals surface area contributed by atoms with E-state index >= 15 is 0 Å². The van der Waals surface area contributed by atoms with Crippen molar-refractivity contribution in [2.75, 3.05) is 25.4 Å². The van der Waals surface area contributed by atoms with E-state index in [0.717, 1.165) is 47.7 Å². The number of thioether (sulfide) groups is 1. The molecule has 3 aromatic rings. The molecule has 5 atom stereocenters. The van der Waals surface area contributed by atoms with Gasteiger partial charge in [-0.2, -0.15) is 0 Å². The Balaban J connectivity index is 1.25. The molecule has 0 radical (unpaired) electrons. The van der Waals surface area contributed by atoms with Crippen LogP contribution in [-0.4, -0.2) is 76.0 Å². The zero-order chi connectivity index (χ0) is 28.9. The van der Waals surface area contributed by atoms with E-state index in [9.17, 15) is 20.1 Å². The van der Waals surface area contributed by atoms with Gasteiger partial charge in [-0.05, 0) is 85.3 Å². The van der Waals surface area contributed by atoms with Crippen molar-refractivity contribution in [2.24, 2.45) is 0 Å². The Morgan fingerprint density at radius 3 is 2.37 bits per heavy atom. The summed E-state index contributed by atoms with van der Waals surface area (Å²) in [5.74, 6) is 1.21. The van der Waals surface area contributed by atoms with Gasteiger partial charge in [-0.25, -0.2) is 0 Å². The number of aliphatic hydroxyl groups excluding tert-OH is 3. The smallest absolute Gasteiger partial charge is 0.253 e. The molecule has 3 aromatic carbocycles. The molecule has 7 nitrogen and oxygen atoms in total. The number of aliphatic hydroxyl groups is 3. The Kier molecular flexibility index (Phi) is 9.91. The third kappa shape index (κ3) is 7.08. The number of ether oxygens (including phenoxy) is 2. The predicted octanol–water partition coefficient (Wildman–Crippen LogP) is 4.88. The lowest BCUT2D eigenvalue weighted by atomic mass is 9.90. The van der Waals surface area contributed by atoms with Crippen LogP contribution in [0.1, 0.15) is 52.9 Å². The SMILES string of the molecule is CCOc1ccc(Cc2cc([C@@H]3O[C@H](CSc4ccc(C(=O)N5CCCC5)cc4)[C@@H](O)[C@H](O)[C@H]3O)ccc2Cl)cc1. The minimum atomic E-state index is -1.37. The molecule has 0 aliphatic carbocycles. The van der Waals surface area contributed by atoms with E-state index < -0.39 is 30.5 Å². The highest BCUT2D eigenvalue weighted by Crippen LogP contribution is 2.36. The van der Waals surface area contributed by atoms with Gasteiger partial charge in [0, 0.05) is 34.3 Å². The van der Waals surface area contributed by atoms with Crippen LogP contribution >= 0.6 is 23.4 Å². The van der Waals surface area contributed by atoms with Crippen LogP contribution in [0.25, 0.3) is 0 Å². The molecule has 41 heavy (non-hydrogen) atoms. The molecule has 0 aromatic heterocycles. The summed E-state index contributed by atoms with van der Waals surface area (Å²) in [7, 11) is 0. The van der Waals surface area contributed by atoms with Crippen molar-refractivity contribution in [3.63, 3.8) is 0 Å². The van der Waals surface area contributed by atoms with Crippen LogP contribution in [0.3, 0.4) is 0 Å². The first-order chi connectivity index (χ1) is 19.8. The number of halogens is 1. The molecule has 0 spiro atoms. The number of hydrogen-bond acceptors (Lipinski definition) is 7. The van der Waals surface area contributed by atoms with Gasteiger partial charge >= 0.3 is 0 Å². The average Bonchev–Trinajstić information content (AvgIpc) is 3.53. The number of carbonyl (C=O) groups excluding carboxylic acids is 1. The van der Waals surface area contributed by atoms with E-state index in [-0.39, 0.29) is 5.91 Å². The van der Waals surface area contributed by atoms with Crippen LogP contribution in [0.15, 0.2) is 71.6 Å². The minimum absolute atomic E-state index is 0.0508. The van der Waals surface area contributed by atoms with Crippen molar-refractivity contribution >= 4 is 29.3 Å². The highest BCUT2D eigenvalue weighted by molar-refractivity contribution is 7.99. The molecule has 2 aliphatic rings. The highest BCUT2D eigenvalue weighted by atomic mass is 35.5. The van der Waals surface area contributed by atoms with E-state index in [4.69, 9.17) is 21.1 Å². The molecule has 0 saturated carbocycles. The third-order valence-electron chi connectivity index (χ3n) is 7.65. The third-order valence-corrected chi connectivity index (χ3v) is 9.12. The molecule has 0 unspecified atom stereocenters. The van der Waals surface area contributed by atoms with Gasteiger partial charge < -0.3 is 29.7 Å². The van der Waals surface area contributed by atoms with E-state index in [1.54, 1.807) is 12.1 Å². The predicted molar refractivity (Wildman–Crippen MR) is 160 cm³/mol. The van der Waals surface area contributed by atoms with E-state index in [1.807, 2.05) is 66.4 Å². The largest absolute Gasteiger partial charge is 0.494 e. The van der Waals surface area contributed by atoms with Gasteiger partial charge in [0.15, 0.2) is 0 Å². The summed E-state index contributed by atoms with van der Waals surface area (Å²) in [5, 5.41) is 32.9. The summed E-state index contributed by atoms with van der Waals surface area (Å²) in [6.45, 7) is 4.15. The molecule has 2 saturated heterocycles. The van der Waals surface area contributed by atoms with Gasteiger partial charge in [0.2, 0.25) is 0 Å². The van der Waals surface area contributed by atoms with E-state index in [2.05, 4.69) is 0 Å². The first-order valence-electron chi connectivity index (χ1n) is 14.1. The van der Waals surface area contributed by atoms with Gasteiger partial charge in [-0.1, -0.05) is 35.9 Å². The number of hydrogen-bond donors (Lipinski definition) is 3. The Morgan fingerprint density at radius 2 is 1.68 bits per heavy atom. The van der Waals surface area contributed by atoms with Crippen LogP contribution in [0.4, 0.5) is 0 Å². The van der Waals surface area contributed by atoms with Gasteiger partial charge in [0.1, 0.15) is 30.2 Å². The fraction of sp³-hybridized carbons (Fsp3) is 0.406. The summed E-state index contributed by atoms with van der Waals surface area (Å²) in [5.41, 5.74) is 3.25. The molecule has 9 heteroatoms. The molecule has 2 heterocycles. The lowest BCUT2D eigenvalue weighted by Crippen LogP contribution is -2.54. The topological polar surface area (TPSA) is 99.5 Å². The second kappa shape index (κ2) is 13.6. The van der Waals surface area contributed by atoms with Crippen molar-refractivity contribution in [1.29, 1.82) is 0 Å². The van der Waals surface area contributed by atoms with Crippen molar-refractivity contribution in [1.82, 2.24) is 4.90 Å². The van der Waals surface area contributed by atoms with E-state index in [0.29, 0.717) is 34.9 Å². The van der Waals surface area contributed by atoms with Crippen LogP contribution in [0.2, 0.25) is 5.02 Å². The van der Waals surface area contributed by atoms with Crippen molar-refractivity contribution in [2.45, 2.75) is 61.6 Å². The van der Waals surface area contributed by atoms with Gasteiger partial charge in [-0.3, -0.25) is 4.79 Å². The molecule has 1 amide bonds. The molecular formula is C32H36ClNO6S. The number of carbonyl (C=O) groups is 1. The standard InChI is InChI=1S/C32H36ClNO6S/c1-2-39-24-10-5-20(6-11-24)17-23-18-22(9-14-26(23)33)31-30(37)29(36)28(35)27(40-31)19-41-25-12-7-21(8-13-25)32(38)34-15-3-4-16-34/h5-14,18,27-31,35-37H,2-4,15-17,19H2,1H3/t27-,28-,29+,30-,31+/m1/s1. The minimum Gasteiger partial charge on any atom is -0.494 e. The van der Waals surface area contributed by atoms with Crippen LogP contribution in [0.5, 0.6) is 5.75 Å². The molecule has 218 valence electrons. The number of rotatable bonds is 9. The van der Waals surface area contributed by atoms with Gasteiger partial charge in [0.25, 0.3) is 5.91 Å². The number of amides is 1. The number of nitrogens with zero attached hydrogens (tertiary/aromatic N) is 1. The number of likely N-dealkylation sites (tertiary alicyclic amines) is 1. The maximum atomic E-state index is 12.6. The zero-order valence-corrected chi connectivity index (χ0v) is 24.6. The molecule has 0 bridgehead atoms. The van der Waals surface area contributed by atoms with E-state index in [1.165, 1.54) is 11.8 Å². The highest BCUT2D eigenvalue weighted by Gasteiger charge is 2.44. The maximum Gasteiger partial charge on any atom is 0.253 e. The molecule has 2 aliphatic heterocycles. The first kappa shape index (κ1) is 29.9. The summed E-state index contributed by atoms with van der Waals surface area (Å²) >= 11 is 7.99. The molecule has 3 N–H and O–H groups in total. The Morgan fingerprint density at radius 1 is 0.976 bits per heavy atom. The van der Waals surface area contributed by atoms with Crippen molar-refractivity contribution in [3.05, 3.63) is 94.0 Å². The van der Waals surface area contributed by atoms with Crippen molar-refractivity contribution in [3.8, 4) is 5.75 Å². The lowest BCUT2D eigenvalue weighted by molar-refractivity contribution is -0.218. The van der Waals surface area contributed by atoms with Gasteiger partial charge in [-0.15, -0.1) is 11.8 Å². The Bertz CT molecular complexity index is 1310. The summed E-state index contributed by atoms with van der Waals surface area (Å²) in [4.78, 5) is 15.4. The lowest BCUT2D eigenvalue weighted by Gasteiger charge is -2.41. The fourth-order valence-electron chi connectivity index (χ4n) is 5.34. The quantitative estimate of drug-likeness (QED) is 0.302. The normalized spacial score (nSPS) is 24.4. The Hall–Kier alpha value is -2.59. The maximum absolute atomic E-state index is 12.6. The molecular weight excluding hydrogens is 562 g/mol. The van der Waals surface area contributed by atoms with Crippen LogP contribution in [-0.2, 0) is 11.2 Å². The summed E-state index contributed by atoms with van der Waals surface area (Å²) in [6, 6.07) is 20.7. The average molecular weight is 598 g/mol. The monoisotopic (exact) mass is 597 g/mol. The fourth-order valence-corrected chi connectivity index (χ4v) is 6.48.